The van der Waals surface area contributed by atoms with Crippen molar-refractivity contribution in [3.63, 3.8) is 0 Å². The van der Waals surface area contributed by atoms with E-state index in [1.807, 2.05) is 0 Å². The summed E-state index contributed by atoms with van der Waals surface area (Å²) in [5, 5.41) is -0.544. The first kappa shape index (κ1) is 18.6. The van der Waals surface area contributed by atoms with Gasteiger partial charge >= 0.3 is 5.97 Å². The molecule has 1 aliphatic heterocycles. The predicted octanol–water partition coefficient (Wildman–Crippen LogP) is 1.69. The van der Waals surface area contributed by atoms with Crippen LogP contribution in [0.4, 0.5) is 0 Å². The van der Waals surface area contributed by atoms with Crippen molar-refractivity contribution in [3.8, 4) is 0 Å². The highest BCUT2D eigenvalue weighted by Gasteiger charge is 2.42. The second kappa shape index (κ2) is 8.03. The summed E-state index contributed by atoms with van der Waals surface area (Å²) in [6, 6.07) is 2.81. The van der Waals surface area contributed by atoms with Crippen LogP contribution >= 0.6 is 0 Å². The summed E-state index contributed by atoms with van der Waals surface area (Å²) < 4.78 is 38.2. The number of rotatable bonds is 5. The minimum Gasteiger partial charge on any atom is -0.466 e. The lowest BCUT2D eigenvalue weighted by Crippen LogP contribution is -2.54. The molecule has 9 heteroatoms. The lowest BCUT2D eigenvalue weighted by Gasteiger charge is -2.36. The van der Waals surface area contributed by atoms with Crippen molar-refractivity contribution >= 4 is 22.0 Å². The number of amidine groups is 1. The van der Waals surface area contributed by atoms with Gasteiger partial charge < -0.3 is 9.47 Å². The van der Waals surface area contributed by atoms with Gasteiger partial charge in [0.15, 0.2) is 0 Å². The number of ether oxygens (including phenoxy) is 2. The average molecular weight is 381 g/mol. The van der Waals surface area contributed by atoms with E-state index < -0.39 is 33.4 Å². The molecule has 0 spiro atoms. The van der Waals surface area contributed by atoms with Crippen LogP contribution in [0.5, 0.6) is 0 Å². The third kappa shape index (κ3) is 4.32. The molecule has 26 heavy (non-hydrogen) atoms. The predicted molar refractivity (Wildman–Crippen MR) is 94.8 cm³/mol. The molecule has 2 fully saturated rings. The number of pyridine rings is 1. The molecule has 0 amide bonds. The van der Waals surface area contributed by atoms with Crippen LogP contribution in [0.3, 0.4) is 0 Å². The van der Waals surface area contributed by atoms with Gasteiger partial charge in [0, 0.05) is 12.4 Å². The third-order valence-corrected chi connectivity index (χ3v) is 6.34. The zero-order chi connectivity index (χ0) is 18.6. The van der Waals surface area contributed by atoms with E-state index in [4.69, 9.17) is 9.47 Å². The lowest BCUT2D eigenvalue weighted by molar-refractivity contribution is -0.143. The highest BCUT2D eigenvalue weighted by Crippen LogP contribution is 2.30. The van der Waals surface area contributed by atoms with Gasteiger partial charge in [0.05, 0.1) is 19.1 Å². The minimum atomic E-state index is -3.54. The van der Waals surface area contributed by atoms with Gasteiger partial charge in [-0.1, -0.05) is 12.5 Å². The Bertz CT molecular complexity index is 766. The van der Waals surface area contributed by atoms with E-state index in [0.717, 1.165) is 12.8 Å². The van der Waals surface area contributed by atoms with Gasteiger partial charge in [0.25, 0.3) is 6.02 Å². The summed E-state index contributed by atoms with van der Waals surface area (Å²) >= 11 is 0. The summed E-state index contributed by atoms with van der Waals surface area (Å²) in [5.74, 6) is -0.417. The SMILES string of the molecule is CCOC(=O)C[C@H](N=C1NS(=O)(=O)C2CCCCC2O1)c1cccnc1. The standard InChI is InChI=1S/C17H23N3O5S/c1-2-24-16(21)10-13(12-6-5-9-18-11-12)19-17-20-26(22,23)15-8-4-3-7-14(15)25-17/h5-6,9,11,13-15H,2-4,7-8,10H2,1H3,(H,19,20)/t13-,14?,15?/m0/s1. The summed E-state index contributed by atoms with van der Waals surface area (Å²) in [5.41, 5.74) is 0.682. The minimum absolute atomic E-state index is 0.0256. The molecule has 2 unspecified atom stereocenters. The van der Waals surface area contributed by atoms with Gasteiger partial charge in [0.2, 0.25) is 10.0 Å². The Morgan fingerprint density at radius 2 is 2.27 bits per heavy atom. The van der Waals surface area contributed by atoms with Crippen molar-refractivity contribution in [2.75, 3.05) is 6.61 Å². The van der Waals surface area contributed by atoms with Crippen LogP contribution in [0.2, 0.25) is 0 Å². The summed E-state index contributed by atoms with van der Waals surface area (Å²) in [6.45, 7) is 1.99. The topological polar surface area (TPSA) is 107 Å². The first-order valence-electron chi connectivity index (χ1n) is 8.81. The number of sulfonamides is 1. The molecule has 1 saturated heterocycles. The van der Waals surface area contributed by atoms with Gasteiger partial charge in [-0.3, -0.25) is 9.78 Å². The molecule has 1 aromatic rings. The van der Waals surface area contributed by atoms with Crippen molar-refractivity contribution in [2.45, 2.75) is 56.4 Å². The molecule has 3 rings (SSSR count). The second-order valence-electron chi connectivity index (χ2n) is 6.37. The molecule has 8 nitrogen and oxygen atoms in total. The van der Waals surface area contributed by atoms with Gasteiger partial charge in [-0.2, -0.15) is 0 Å². The monoisotopic (exact) mass is 381 g/mol. The number of hydrogen-bond acceptors (Lipinski definition) is 7. The van der Waals surface area contributed by atoms with E-state index >= 15 is 0 Å². The molecule has 1 aliphatic carbocycles. The Hall–Kier alpha value is -2.16. The molecule has 3 atom stereocenters. The van der Waals surface area contributed by atoms with Gasteiger partial charge in [-0.05, 0) is 37.8 Å². The number of aromatic nitrogens is 1. The largest absolute Gasteiger partial charge is 0.466 e. The number of fused-ring (bicyclic) bond motifs is 1. The van der Waals surface area contributed by atoms with Crippen LogP contribution in [0, 0.1) is 0 Å². The van der Waals surface area contributed by atoms with Crippen molar-refractivity contribution < 1.29 is 22.7 Å². The van der Waals surface area contributed by atoms with Crippen molar-refractivity contribution in [1.82, 2.24) is 9.71 Å². The number of aliphatic imine (C=N–C) groups is 1. The zero-order valence-corrected chi connectivity index (χ0v) is 15.4. The van der Waals surface area contributed by atoms with Crippen LogP contribution in [0.25, 0.3) is 0 Å². The van der Waals surface area contributed by atoms with Crippen LogP contribution in [-0.4, -0.2) is 43.4 Å². The second-order valence-corrected chi connectivity index (χ2v) is 8.27. The Morgan fingerprint density at radius 3 is 3.00 bits per heavy atom. The van der Waals surface area contributed by atoms with E-state index in [0.29, 0.717) is 18.4 Å². The fourth-order valence-corrected chi connectivity index (χ4v) is 4.87. The van der Waals surface area contributed by atoms with Crippen LogP contribution in [-0.2, 0) is 24.3 Å². The number of carbonyl (C=O) groups is 1. The van der Waals surface area contributed by atoms with Crippen LogP contribution < -0.4 is 4.72 Å². The number of esters is 1. The third-order valence-electron chi connectivity index (χ3n) is 4.54. The molecule has 1 N–H and O–H groups in total. The Kier molecular flexibility index (Phi) is 5.75. The summed E-state index contributed by atoms with van der Waals surface area (Å²) in [6.07, 6.45) is 5.85. The Labute approximate surface area is 153 Å². The van der Waals surface area contributed by atoms with E-state index in [1.54, 1.807) is 31.5 Å². The highest BCUT2D eigenvalue weighted by atomic mass is 32.2. The average Bonchev–Trinajstić information content (AvgIpc) is 2.62. The number of nitrogens with one attached hydrogen (secondary N) is 1. The molecule has 0 aromatic carbocycles. The number of nitrogens with zero attached hydrogens (tertiary/aromatic N) is 2. The smallest absolute Gasteiger partial charge is 0.308 e. The molecular weight excluding hydrogens is 358 g/mol. The fraction of sp³-hybridized carbons (Fsp3) is 0.588. The first-order chi connectivity index (χ1) is 12.5. The summed E-state index contributed by atoms with van der Waals surface area (Å²) in [4.78, 5) is 20.4. The number of hydrogen-bond donors (Lipinski definition) is 1. The van der Waals surface area contributed by atoms with E-state index in [9.17, 15) is 13.2 Å². The van der Waals surface area contributed by atoms with Crippen molar-refractivity contribution in [3.05, 3.63) is 30.1 Å². The highest BCUT2D eigenvalue weighted by molar-refractivity contribution is 7.90. The zero-order valence-electron chi connectivity index (χ0n) is 14.6. The van der Waals surface area contributed by atoms with E-state index in [-0.39, 0.29) is 19.0 Å². The molecule has 0 bridgehead atoms. The molecule has 1 aromatic heterocycles. The Balaban J connectivity index is 1.85. The van der Waals surface area contributed by atoms with E-state index in [1.165, 1.54) is 0 Å². The quantitative estimate of drug-likeness (QED) is 0.778. The normalized spacial score (nSPS) is 26.9. The van der Waals surface area contributed by atoms with Gasteiger partial charge in [-0.25, -0.2) is 18.1 Å². The molecular formula is C17H23N3O5S. The summed E-state index contributed by atoms with van der Waals surface area (Å²) in [7, 11) is -3.54. The fourth-order valence-electron chi connectivity index (χ4n) is 3.30. The maximum atomic E-state index is 12.5. The van der Waals surface area contributed by atoms with Crippen molar-refractivity contribution in [2.24, 2.45) is 4.99 Å². The molecule has 0 radical (unpaired) electrons. The maximum Gasteiger partial charge on any atom is 0.308 e. The molecule has 2 heterocycles. The van der Waals surface area contributed by atoms with Gasteiger partial charge in [0.1, 0.15) is 11.4 Å². The molecule has 142 valence electrons. The maximum absolute atomic E-state index is 12.5. The van der Waals surface area contributed by atoms with Crippen LogP contribution in [0.15, 0.2) is 29.5 Å². The molecule has 2 aliphatic rings. The number of carbonyl (C=O) groups excluding carboxylic acids is 1. The van der Waals surface area contributed by atoms with Crippen LogP contribution in [0.1, 0.15) is 50.6 Å². The lowest BCUT2D eigenvalue weighted by atomic mass is 9.97. The Morgan fingerprint density at radius 1 is 1.46 bits per heavy atom. The van der Waals surface area contributed by atoms with Gasteiger partial charge in [-0.15, -0.1) is 0 Å². The molecule has 1 saturated carbocycles. The first-order valence-corrected chi connectivity index (χ1v) is 10.4. The van der Waals surface area contributed by atoms with Crippen molar-refractivity contribution in [1.29, 1.82) is 0 Å². The van der Waals surface area contributed by atoms with E-state index in [2.05, 4.69) is 14.7 Å².